The SMILES string of the molecule is Cc1cc(CN2CCN(CC(=O)NC3(c4ccc5c(c4)OCCO5)CCCC3)CC2)on1. The number of rotatable bonds is 6. The van der Waals surface area contributed by atoms with Gasteiger partial charge >= 0.3 is 0 Å². The first-order valence-corrected chi connectivity index (χ1v) is 11.7. The molecule has 1 saturated heterocycles. The fourth-order valence-electron chi connectivity index (χ4n) is 5.13. The van der Waals surface area contributed by atoms with Crippen LogP contribution in [-0.4, -0.2) is 66.8 Å². The monoisotopic (exact) mass is 440 g/mol. The molecule has 1 aliphatic carbocycles. The van der Waals surface area contributed by atoms with Crippen LogP contribution in [0.2, 0.25) is 0 Å². The molecule has 32 heavy (non-hydrogen) atoms. The van der Waals surface area contributed by atoms with E-state index in [1.807, 2.05) is 19.1 Å². The van der Waals surface area contributed by atoms with Crippen LogP contribution in [0.3, 0.4) is 0 Å². The molecule has 8 heteroatoms. The highest BCUT2D eigenvalue weighted by Crippen LogP contribution is 2.42. The number of ether oxygens (including phenoxy) is 2. The Labute approximate surface area is 188 Å². The largest absolute Gasteiger partial charge is 0.486 e. The van der Waals surface area contributed by atoms with Gasteiger partial charge in [-0.2, -0.15) is 0 Å². The van der Waals surface area contributed by atoms with E-state index >= 15 is 0 Å². The normalized spacial score (nSPS) is 20.9. The Kier molecular flexibility index (Phi) is 6.06. The van der Waals surface area contributed by atoms with E-state index in [1.54, 1.807) is 0 Å². The topological polar surface area (TPSA) is 80.1 Å². The van der Waals surface area contributed by atoms with Crippen LogP contribution in [0.25, 0.3) is 0 Å². The van der Waals surface area contributed by atoms with Gasteiger partial charge in [-0.1, -0.05) is 24.1 Å². The number of hydrogen-bond donors (Lipinski definition) is 1. The summed E-state index contributed by atoms with van der Waals surface area (Å²) < 4.78 is 16.8. The molecule has 0 atom stereocenters. The van der Waals surface area contributed by atoms with E-state index in [0.717, 1.165) is 86.9 Å². The molecule has 8 nitrogen and oxygen atoms in total. The molecule has 5 rings (SSSR count). The molecule has 1 saturated carbocycles. The zero-order chi connectivity index (χ0) is 22.0. The second-order valence-electron chi connectivity index (χ2n) is 9.18. The molecule has 2 aliphatic heterocycles. The zero-order valence-corrected chi connectivity index (χ0v) is 18.8. The third kappa shape index (κ3) is 4.61. The van der Waals surface area contributed by atoms with Crippen molar-refractivity contribution in [2.75, 3.05) is 45.9 Å². The Morgan fingerprint density at radius 3 is 2.47 bits per heavy atom. The van der Waals surface area contributed by atoms with Gasteiger partial charge < -0.3 is 19.3 Å². The summed E-state index contributed by atoms with van der Waals surface area (Å²) in [6.07, 6.45) is 4.16. The minimum atomic E-state index is -0.307. The minimum absolute atomic E-state index is 0.0982. The third-order valence-corrected chi connectivity index (χ3v) is 6.82. The summed E-state index contributed by atoms with van der Waals surface area (Å²) in [5.74, 6) is 2.57. The smallest absolute Gasteiger partial charge is 0.234 e. The highest BCUT2D eigenvalue weighted by Gasteiger charge is 2.38. The van der Waals surface area contributed by atoms with Gasteiger partial charge in [-0.25, -0.2) is 0 Å². The van der Waals surface area contributed by atoms with E-state index < -0.39 is 0 Å². The number of nitrogens with one attached hydrogen (secondary N) is 1. The molecule has 3 heterocycles. The van der Waals surface area contributed by atoms with Crippen LogP contribution < -0.4 is 14.8 Å². The van der Waals surface area contributed by atoms with Gasteiger partial charge in [-0.15, -0.1) is 0 Å². The van der Waals surface area contributed by atoms with Gasteiger partial charge in [0, 0.05) is 32.2 Å². The van der Waals surface area contributed by atoms with Gasteiger partial charge in [0.2, 0.25) is 5.91 Å². The summed E-state index contributed by atoms with van der Waals surface area (Å²) in [7, 11) is 0. The summed E-state index contributed by atoms with van der Waals surface area (Å²) in [5, 5.41) is 7.36. The molecule has 0 radical (unpaired) electrons. The van der Waals surface area contributed by atoms with Crippen molar-refractivity contribution in [1.82, 2.24) is 20.3 Å². The quantitative estimate of drug-likeness (QED) is 0.739. The van der Waals surface area contributed by atoms with Gasteiger partial charge in [0.15, 0.2) is 17.3 Å². The lowest BCUT2D eigenvalue weighted by Crippen LogP contribution is -2.52. The second-order valence-corrected chi connectivity index (χ2v) is 9.18. The number of nitrogens with zero attached hydrogens (tertiary/aromatic N) is 3. The van der Waals surface area contributed by atoms with Crippen molar-refractivity contribution in [3.8, 4) is 11.5 Å². The highest BCUT2D eigenvalue weighted by molar-refractivity contribution is 5.79. The first kappa shape index (κ1) is 21.3. The lowest BCUT2D eigenvalue weighted by Gasteiger charge is -2.36. The average Bonchev–Trinajstić information content (AvgIpc) is 3.44. The summed E-state index contributed by atoms with van der Waals surface area (Å²) in [6.45, 7) is 7.87. The molecule has 1 aromatic heterocycles. The van der Waals surface area contributed by atoms with Gasteiger partial charge in [-0.3, -0.25) is 14.6 Å². The van der Waals surface area contributed by atoms with Crippen LogP contribution >= 0.6 is 0 Å². The van der Waals surface area contributed by atoms with Crippen LogP contribution in [0.4, 0.5) is 0 Å². The Hall–Kier alpha value is -2.58. The number of aromatic nitrogens is 1. The van der Waals surface area contributed by atoms with Crippen molar-refractivity contribution < 1.29 is 18.8 Å². The van der Waals surface area contributed by atoms with Crippen LogP contribution in [0.5, 0.6) is 11.5 Å². The first-order valence-electron chi connectivity index (χ1n) is 11.7. The molecule has 2 aromatic rings. The number of carbonyl (C=O) groups excluding carboxylic acids is 1. The molecule has 0 unspecified atom stereocenters. The summed E-state index contributed by atoms with van der Waals surface area (Å²) in [6, 6.07) is 8.11. The molecule has 1 aromatic carbocycles. The van der Waals surface area contributed by atoms with E-state index in [1.165, 1.54) is 0 Å². The van der Waals surface area contributed by atoms with Crippen LogP contribution in [-0.2, 0) is 16.9 Å². The molecule has 1 amide bonds. The molecular weight excluding hydrogens is 408 g/mol. The number of fused-ring (bicyclic) bond motifs is 1. The molecule has 0 spiro atoms. The third-order valence-electron chi connectivity index (χ3n) is 6.82. The predicted octanol–water partition coefficient (Wildman–Crippen LogP) is 2.46. The summed E-state index contributed by atoms with van der Waals surface area (Å²) in [5.41, 5.74) is 1.73. The Morgan fingerprint density at radius 2 is 1.75 bits per heavy atom. The minimum Gasteiger partial charge on any atom is -0.486 e. The zero-order valence-electron chi connectivity index (χ0n) is 18.8. The molecule has 3 aliphatic rings. The molecule has 0 bridgehead atoms. The fourth-order valence-corrected chi connectivity index (χ4v) is 5.13. The first-order chi connectivity index (χ1) is 15.6. The van der Waals surface area contributed by atoms with Crippen LogP contribution in [0.15, 0.2) is 28.8 Å². The molecule has 1 N–H and O–H groups in total. The van der Waals surface area contributed by atoms with E-state index in [-0.39, 0.29) is 11.4 Å². The average molecular weight is 441 g/mol. The standard InChI is InChI=1S/C24H32N4O4/c1-18-14-20(32-26-18)16-27-8-10-28(11-9-27)17-23(29)25-24(6-2-3-7-24)19-4-5-21-22(15-19)31-13-12-30-21/h4-5,14-15H,2-3,6-13,16-17H2,1H3,(H,25,29). The number of piperazine rings is 1. The van der Waals surface area contributed by atoms with Crippen molar-refractivity contribution >= 4 is 5.91 Å². The second kappa shape index (κ2) is 9.11. The Balaban J connectivity index is 1.17. The fraction of sp³-hybridized carbons (Fsp3) is 0.583. The van der Waals surface area contributed by atoms with Crippen molar-refractivity contribution in [3.05, 3.63) is 41.3 Å². The maximum Gasteiger partial charge on any atom is 0.234 e. The van der Waals surface area contributed by atoms with E-state index in [2.05, 4.69) is 32.4 Å². The maximum atomic E-state index is 13.1. The number of aryl methyl sites for hydroxylation is 1. The summed E-state index contributed by atoms with van der Waals surface area (Å²) >= 11 is 0. The Morgan fingerprint density at radius 1 is 1.03 bits per heavy atom. The lowest BCUT2D eigenvalue weighted by molar-refractivity contribution is -0.124. The van der Waals surface area contributed by atoms with Crippen molar-refractivity contribution in [2.24, 2.45) is 0 Å². The van der Waals surface area contributed by atoms with Crippen LogP contribution in [0.1, 0.15) is 42.7 Å². The number of amides is 1. The van der Waals surface area contributed by atoms with E-state index in [4.69, 9.17) is 14.0 Å². The van der Waals surface area contributed by atoms with E-state index in [0.29, 0.717) is 19.8 Å². The van der Waals surface area contributed by atoms with Crippen molar-refractivity contribution in [3.63, 3.8) is 0 Å². The predicted molar refractivity (Wildman–Crippen MR) is 119 cm³/mol. The number of carbonyl (C=O) groups is 1. The number of hydrogen-bond acceptors (Lipinski definition) is 7. The molecular formula is C24H32N4O4. The van der Waals surface area contributed by atoms with Gasteiger partial charge in [0.25, 0.3) is 0 Å². The van der Waals surface area contributed by atoms with Gasteiger partial charge in [0.05, 0.1) is 24.3 Å². The van der Waals surface area contributed by atoms with Gasteiger partial charge in [-0.05, 0) is 37.5 Å². The van der Waals surface area contributed by atoms with Crippen molar-refractivity contribution in [1.29, 1.82) is 0 Å². The Bertz CT molecular complexity index is 945. The maximum absolute atomic E-state index is 13.1. The highest BCUT2D eigenvalue weighted by atomic mass is 16.6. The lowest BCUT2D eigenvalue weighted by atomic mass is 9.87. The van der Waals surface area contributed by atoms with Gasteiger partial charge in [0.1, 0.15) is 13.2 Å². The number of benzene rings is 1. The molecule has 172 valence electrons. The van der Waals surface area contributed by atoms with Crippen LogP contribution in [0, 0.1) is 6.92 Å². The molecule has 2 fully saturated rings. The van der Waals surface area contributed by atoms with Crippen molar-refractivity contribution in [2.45, 2.75) is 44.7 Å². The summed E-state index contributed by atoms with van der Waals surface area (Å²) in [4.78, 5) is 17.7. The van der Waals surface area contributed by atoms with E-state index in [9.17, 15) is 4.79 Å².